The summed E-state index contributed by atoms with van der Waals surface area (Å²) in [6, 6.07) is 10.8. The predicted molar refractivity (Wildman–Crippen MR) is 95.8 cm³/mol. The Hall–Kier alpha value is -3.03. The average molecular weight is 392 g/mol. The second kappa shape index (κ2) is 7.92. The number of likely N-dealkylation sites (tertiary alicyclic amines) is 1. The lowest BCUT2D eigenvalue weighted by Gasteiger charge is -2.30. The number of nitrogens with two attached hydrogens (primary N) is 1. The van der Waals surface area contributed by atoms with Crippen molar-refractivity contribution in [3.05, 3.63) is 59.7 Å². The van der Waals surface area contributed by atoms with Gasteiger partial charge in [-0.3, -0.25) is 9.59 Å². The van der Waals surface area contributed by atoms with Crippen LogP contribution in [0.3, 0.4) is 0 Å². The molecule has 0 atom stereocenters. The third-order valence-corrected chi connectivity index (χ3v) is 4.66. The van der Waals surface area contributed by atoms with Crippen LogP contribution in [0.2, 0.25) is 0 Å². The molecule has 0 spiro atoms. The minimum Gasteiger partial charge on any atom is -0.457 e. The minimum atomic E-state index is -4.46. The van der Waals surface area contributed by atoms with Crippen molar-refractivity contribution in [2.24, 2.45) is 11.7 Å². The highest BCUT2D eigenvalue weighted by molar-refractivity contribution is 5.94. The summed E-state index contributed by atoms with van der Waals surface area (Å²) in [6.45, 7) is 0.844. The number of amides is 2. The van der Waals surface area contributed by atoms with E-state index in [2.05, 4.69) is 0 Å². The van der Waals surface area contributed by atoms with Crippen molar-refractivity contribution >= 4 is 11.8 Å². The molecule has 0 aromatic heterocycles. The molecule has 2 aromatic rings. The van der Waals surface area contributed by atoms with Gasteiger partial charge >= 0.3 is 6.18 Å². The molecule has 0 saturated carbocycles. The Morgan fingerprint density at radius 2 is 1.61 bits per heavy atom. The van der Waals surface area contributed by atoms with Crippen LogP contribution < -0.4 is 10.5 Å². The van der Waals surface area contributed by atoms with Gasteiger partial charge in [0.2, 0.25) is 5.91 Å². The van der Waals surface area contributed by atoms with Crippen molar-refractivity contribution in [2.45, 2.75) is 19.0 Å². The smallest absolute Gasteiger partial charge is 0.416 e. The fraction of sp³-hybridized carbons (Fsp3) is 0.300. The Balaban J connectivity index is 1.71. The van der Waals surface area contributed by atoms with E-state index in [9.17, 15) is 22.8 Å². The van der Waals surface area contributed by atoms with E-state index in [-0.39, 0.29) is 29.2 Å². The van der Waals surface area contributed by atoms with Crippen LogP contribution in [0.5, 0.6) is 11.5 Å². The van der Waals surface area contributed by atoms with Crippen molar-refractivity contribution in [3.8, 4) is 11.5 Å². The van der Waals surface area contributed by atoms with Crippen LogP contribution in [-0.4, -0.2) is 29.8 Å². The molecular weight excluding hydrogens is 373 g/mol. The number of carbonyl (C=O) groups is 2. The van der Waals surface area contributed by atoms with E-state index in [1.165, 1.54) is 18.2 Å². The van der Waals surface area contributed by atoms with Crippen molar-refractivity contribution in [1.82, 2.24) is 4.90 Å². The Kier molecular flexibility index (Phi) is 5.58. The highest BCUT2D eigenvalue weighted by atomic mass is 19.4. The molecule has 5 nitrogen and oxygen atoms in total. The van der Waals surface area contributed by atoms with Gasteiger partial charge in [0.15, 0.2) is 0 Å². The summed E-state index contributed by atoms with van der Waals surface area (Å²) < 4.78 is 44.0. The number of halogens is 3. The van der Waals surface area contributed by atoms with Gasteiger partial charge in [-0.25, -0.2) is 0 Å². The normalized spacial score (nSPS) is 15.3. The molecule has 8 heteroatoms. The van der Waals surface area contributed by atoms with E-state index in [1.807, 2.05) is 0 Å². The second-order valence-electron chi connectivity index (χ2n) is 6.62. The van der Waals surface area contributed by atoms with Gasteiger partial charge in [-0.2, -0.15) is 13.2 Å². The van der Waals surface area contributed by atoms with Crippen LogP contribution in [0.1, 0.15) is 28.8 Å². The van der Waals surface area contributed by atoms with Crippen molar-refractivity contribution in [2.75, 3.05) is 13.1 Å². The Morgan fingerprint density at radius 3 is 2.21 bits per heavy atom. The zero-order chi connectivity index (χ0) is 20.3. The third-order valence-electron chi connectivity index (χ3n) is 4.66. The Labute approximate surface area is 159 Å². The van der Waals surface area contributed by atoms with E-state index in [0.29, 0.717) is 31.5 Å². The number of alkyl halides is 3. The van der Waals surface area contributed by atoms with Crippen LogP contribution in [0, 0.1) is 5.92 Å². The maximum atomic E-state index is 12.8. The summed E-state index contributed by atoms with van der Waals surface area (Å²) in [5.41, 5.74) is 4.85. The molecule has 2 aromatic carbocycles. The first kappa shape index (κ1) is 19.7. The number of carbonyl (C=O) groups excluding carboxylic acids is 2. The van der Waals surface area contributed by atoms with Crippen LogP contribution in [0.4, 0.5) is 13.2 Å². The van der Waals surface area contributed by atoms with E-state index >= 15 is 0 Å². The molecule has 0 aliphatic carbocycles. The van der Waals surface area contributed by atoms with E-state index in [0.717, 1.165) is 12.1 Å². The number of rotatable bonds is 4. The molecule has 0 unspecified atom stereocenters. The number of benzene rings is 2. The van der Waals surface area contributed by atoms with E-state index in [4.69, 9.17) is 10.5 Å². The molecule has 1 aliphatic rings. The molecule has 0 bridgehead atoms. The molecule has 0 radical (unpaired) electrons. The molecule has 2 amide bonds. The SMILES string of the molecule is NC(=O)C1CCN(C(=O)c2cccc(Oc3cccc(C(F)(F)F)c3)c2)CC1. The monoisotopic (exact) mass is 392 g/mol. The third kappa shape index (κ3) is 4.62. The molecule has 2 N–H and O–H groups in total. The molecule has 1 fully saturated rings. The van der Waals surface area contributed by atoms with Crippen LogP contribution in [0.25, 0.3) is 0 Å². The maximum Gasteiger partial charge on any atom is 0.416 e. The molecule has 3 rings (SSSR count). The standard InChI is InChI=1S/C20H19F3N2O3/c21-20(22,23)15-4-2-6-17(12-15)28-16-5-1-3-14(11-16)19(27)25-9-7-13(8-10-25)18(24)26/h1-6,11-13H,7-10H2,(H2,24,26). The van der Waals surface area contributed by atoms with Gasteiger partial charge in [-0.15, -0.1) is 0 Å². The van der Waals surface area contributed by atoms with Gasteiger partial charge in [0.25, 0.3) is 5.91 Å². The fourth-order valence-electron chi connectivity index (χ4n) is 3.11. The first-order valence-electron chi connectivity index (χ1n) is 8.78. The molecule has 1 heterocycles. The Bertz CT molecular complexity index is 875. The van der Waals surface area contributed by atoms with Crippen molar-refractivity contribution < 1.29 is 27.5 Å². The minimum absolute atomic E-state index is 0.0293. The summed E-state index contributed by atoms with van der Waals surface area (Å²) in [5, 5.41) is 0. The van der Waals surface area contributed by atoms with Crippen molar-refractivity contribution in [3.63, 3.8) is 0 Å². The van der Waals surface area contributed by atoms with E-state index in [1.54, 1.807) is 23.1 Å². The average Bonchev–Trinajstić information content (AvgIpc) is 2.67. The first-order valence-corrected chi connectivity index (χ1v) is 8.78. The largest absolute Gasteiger partial charge is 0.457 e. The second-order valence-corrected chi connectivity index (χ2v) is 6.62. The number of primary amides is 1. The maximum absolute atomic E-state index is 12.8. The zero-order valence-corrected chi connectivity index (χ0v) is 14.9. The fourth-order valence-corrected chi connectivity index (χ4v) is 3.11. The van der Waals surface area contributed by atoms with Crippen LogP contribution >= 0.6 is 0 Å². The molecule has 1 saturated heterocycles. The highest BCUT2D eigenvalue weighted by Crippen LogP contribution is 2.33. The molecule has 28 heavy (non-hydrogen) atoms. The molecule has 1 aliphatic heterocycles. The number of ether oxygens (including phenoxy) is 1. The summed E-state index contributed by atoms with van der Waals surface area (Å²) in [6.07, 6.45) is -3.43. The summed E-state index contributed by atoms with van der Waals surface area (Å²) in [5.74, 6) is -0.514. The van der Waals surface area contributed by atoms with Crippen LogP contribution in [-0.2, 0) is 11.0 Å². The van der Waals surface area contributed by atoms with Crippen LogP contribution in [0.15, 0.2) is 48.5 Å². The summed E-state index contributed by atoms with van der Waals surface area (Å²) >= 11 is 0. The predicted octanol–water partition coefficient (Wildman–Crippen LogP) is 3.84. The first-order chi connectivity index (χ1) is 13.2. The lowest BCUT2D eigenvalue weighted by Crippen LogP contribution is -2.41. The summed E-state index contributed by atoms with van der Waals surface area (Å²) in [7, 11) is 0. The quantitative estimate of drug-likeness (QED) is 0.859. The van der Waals surface area contributed by atoms with Gasteiger partial charge in [-0.1, -0.05) is 12.1 Å². The van der Waals surface area contributed by atoms with Gasteiger partial charge in [0.1, 0.15) is 11.5 Å². The van der Waals surface area contributed by atoms with E-state index < -0.39 is 11.7 Å². The molecule has 148 valence electrons. The number of hydrogen-bond donors (Lipinski definition) is 1. The number of nitrogens with zero attached hydrogens (tertiary/aromatic N) is 1. The molecular formula is C20H19F3N2O3. The van der Waals surface area contributed by atoms with Crippen molar-refractivity contribution in [1.29, 1.82) is 0 Å². The number of piperidine rings is 1. The van der Waals surface area contributed by atoms with Gasteiger partial charge in [0, 0.05) is 24.6 Å². The summed E-state index contributed by atoms with van der Waals surface area (Å²) in [4.78, 5) is 25.5. The lowest BCUT2D eigenvalue weighted by molar-refractivity contribution is -0.137. The highest BCUT2D eigenvalue weighted by Gasteiger charge is 2.30. The topological polar surface area (TPSA) is 72.6 Å². The Morgan fingerprint density at radius 1 is 1.00 bits per heavy atom. The lowest BCUT2D eigenvalue weighted by atomic mass is 9.96. The van der Waals surface area contributed by atoms with Gasteiger partial charge in [-0.05, 0) is 49.2 Å². The number of hydrogen-bond acceptors (Lipinski definition) is 3. The van der Waals surface area contributed by atoms with Gasteiger partial charge in [0.05, 0.1) is 5.56 Å². The van der Waals surface area contributed by atoms with Gasteiger partial charge < -0.3 is 15.4 Å². The zero-order valence-electron chi connectivity index (χ0n) is 14.9.